The molecule has 0 heterocycles. The number of hydrogen-bond acceptors (Lipinski definition) is 2. The van der Waals surface area contributed by atoms with E-state index in [4.69, 9.17) is 5.11 Å². The van der Waals surface area contributed by atoms with Crippen LogP contribution in [0.15, 0.2) is 11.6 Å². The van der Waals surface area contributed by atoms with Crippen molar-refractivity contribution in [2.45, 2.75) is 40.5 Å². The molecule has 0 saturated heterocycles. The number of rotatable bonds is 6. The molecule has 2 N–H and O–H groups in total. The number of carboxylic acids is 1. The van der Waals surface area contributed by atoms with Crippen LogP contribution in [0.2, 0.25) is 0 Å². The third-order valence-corrected chi connectivity index (χ3v) is 3.57. The van der Waals surface area contributed by atoms with Crippen LogP contribution < -0.4 is 5.32 Å². The van der Waals surface area contributed by atoms with E-state index in [9.17, 15) is 9.59 Å². The Balaban J connectivity index is 2.39. The quantitative estimate of drug-likeness (QED) is 0.563. The van der Waals surface area contributed by atoms with Crippen molar-refractivity contribution in [2.75, 3.05) is 6.54 Å². The molecule has 1 rings (SSSR count). The second-order valence-electron chi connectivity index (χ2n) is 5.86. The van der Waals surface area contributed by atoms with Gasteiger partial charge in [-0.05, 0) is 31.6 Å². The molecule has 1 aliphatic rings. The maximum Gasteiger partial charge on any atom is 0.303 e. The van der Waals surface area contributed by atoms with E-state index in [1.165, 1.54) is 5.57 Å². The van der Waals surface area contributed by atoms with Crippen LogP contribution in [0.25, 0.3) is 0 Å². The van der Waals surface area contributed by atoms with Crippen LogP contribution in [0.4, 0.5) is 0 Å². The van der Waals surface area contributed by atoms with Crippen molar-refractivity contribution in [3.63, 3.8) is 0 Å². The maximum atomic E-state index is 12.0. The molecule has 0 aromatic carbocycles. The predicted molar refractivity (Wildman–Crippen MR) is 70.1 cm³/mol. The SMILES string of the molecule is CC(C)=CC1C(C(=O)NCCCC(=O)O)C1(C)C. The van der Waals surface area contributed by atoms with E-state index in [0.717, 1.165) is 0 Å². The number of aliphatic carboxylic acids is 1. The van der Waals surface area contributed by atoms with Crippen molar-refractivity contribution in [3.05, 3.63) is 11.6 Å². The van der Waals surface area contributed by atoms with Crippen molar-refractivity contribution in [1.29, 1.82) is 0 Å². The minimum absolute atomic E-state index is 0.0220. The van der Waals surface area contributed by atoms with Crippen molar-refractivity contribution in [3.8, 4) is 0 Å². The Morgan fingerprint density at radius 1 is 1.33 bits per heavy atom. The summed E-state index contributed by atoms with van der Waals surface area (Å²) in [5, 5.41) is 11.3. The van der Waals surface area contributed by atoms with Gasteiger partial charge in [0, 0.05) is 13.0 Å². The van der Waals surface area contributed by atoms with E-state index in [1.807, 2.05) is 13.8 Å². The van der Waals surface area contributed by atoms with Gasteiger partial charge in [-0.2, -0.15) is 0 Å². The van der Waals surface area contributed by atoms with Gasteiger partial charge in [-0.1, -0.05) is 25.5 Å². The first-order chi connectivity index (χ1) is 8.26. The summed E-state index contributed by atoms with van der Waals surface area (Å²) in [5.41, 5.74) is 1.25. The maximum absolute atomic E-state index is 12.0. The molecule has 1 amide bonds. The second kappa shape index (κ2) is 5.55. The second-order valence-corrected chi connectivity index (χ2v) is 5.86. The lowest BCUT2D eigenvalue weighted by Crippen LogP contribution is -2.28. The fourth-order valence-electron chi connectivity index (χ4n) is 2.41. The number of amides is 1. The highest BCUT2D eigenvalue weighted by molar-refractivity contribution is 5.83. The van der Waals surface area contributed by atoms with Gasteiger partial charge in [0.15, 0.2) is 0 Å². The molecule has 0 radical (unpaired) electrons. The molecule has 1 aliphatic carbocycles. The highest BCUT2D eigenvalue weighted by atomic mass is 16.4. The highest BCUT2D eigenvalue weighted by Gasteiger charge is 2.60. The number of carbonyl (C=O) groups excluding carboxylic acids is 1. The molecule has 0 aromatic rings. The Kier molecular flexibility index (Phi) is 4.54. The van der Waals surface area contributed by atoms with Crippen LogP contribution in [-0.4, -0.2) is 23.5 Å². The number of hydrogen-bond donors (Lipinski definition) is 2. The number of carboxylic acid groups (broad SMARTS) is 1. The van der Waals surface area contributed by atoms with Gasteiger partial charge in [0.05, 0.1) is 5.92 Å². The first-order valence-electron chi connectivity index (χ1n) is 6.41. The molecular formula is C14H23NO3. The lowest BCUT2D eigenvalue weighted by molar-refractivity contribution is -0.137. The van der Waals surface area contributed by atoms with Gasteiger partial charge in [-0.3, -0.25) is 9.59 Å². The third-order valence-electron chi connectivity index (χ3n) is 3.57. The van der Waals surface area contributed by atoms with E-state index in [1.54, 1.807) is 0 Å². The van der Waals surface area contributed by atoms with Gasteiger partial charge >= 0.3 is 5.97 Å². The van der Waals surface area contributed by atoms with Crippen molar-refractivity contribution < 1.29 is 14.7 Å². The molecule has 18 heavy (non-hydrogen) atoms. The average molecular weight is 253 g/mol. The molecule has 4 heteroatoms. The van der Waals surface area contributed by atoms with E-state index < -0.39 is 5.97 Å². The summed E-state index contributed by atoms with van der Waals surface area (Å²) in [6.45, 7) is 8.71. The molecule has 0 bridgehead atoms. The fraction of sp³-hybridized carbons (Fsp3) is 0.714. The number of allylic oxidation sites excluding steroid dienone is 2. The Morgan fingerprint density at radius 3 is 2.44 bits per heavy atom. The minimum atomic E-state index is -0.821. The van der Waals surface area contributed by atoms with Crippen LogP contribution in [0.3, 0.4) is 0 Å². The van der Waals surface area contributed by atoms with E-state index in [2.05, 4.69) is 25.2 Å². The lowest BCUT2D eigenvalue weighted by Gasteiger charge is -2.04. The zero-order valence-electron chi connectivity index (χ0n) is 11.6. The van der Waals surface area contributed by atoms with Crippen molar-refractivity contribution in [2.24, 2.45) is 17.3 Å². The van der Waals surface area contributed by atoms with Gasteiger partial charge < -0.3 is 10.4 Å². The summed E-state index contributed by atoms with van der Waals surface area (Å²) in [5.74, 6) is -0.439. The summed E-state index contributed by atoms with van der Waals surface area (Å²) in [4.78, 5) is 22.3. The standard InChI is InChI=1S/C14H23NO3/c1-9(2)8-10-12(14(10,3)4)13(18)15-7-5-6-11(16)17/h8,10,12H,5-7H2,1-4H3,(H,15,18)(H,16,17). The highest BCUT2D eigenvalue weighted by Crippen LogP contribution is 2.59. The molecule has 1 fully saturated rings. The Labute approximate surface area is 108 Å². The predicted octanol–water partition coefficient (Wildman–Crippen LogP) is 2.21. The van der Waals surface area contributed by atoms with Crippen LogP contribution in [-0.2, 0) is 9.59 Å². The first-order valence-corrected chi connectivity index (χ1v) is 6.41. The molecular weight excluding hydrogens is 230 g/mol. The smallest absolute Gasteiger partial charge is 0.303 e. The topological polar surface area (TPSA) is 66.4 Å². The third kappa shape index (κ3) is 3.59. The van der Waals surface area contributed by atoms with Gasteiger partial charge in [-0.25, -0.2) is 0 Å². The largest absolute Gasteiger partial charge is 0.481 e. The van der Waals surface area contributed by atoms with Gasteiger partial charge in [0.2, 0.25) is 5.91 Å². The zero-order valence-corrected chi connectivity index (χ0v) is 11.6. The van der Waals surface area contributed by atoms with Crippen molar-refractivity contribution in [1.82, 2.24) is 5.32 Å². The number of carbonyl (C=O) groups is 2. The Morgan fingerprint density at radius 2 is 1.94 bits per heavy atom. The molecule has 1 saturated carbocycles. The van der Waals surface area contributed by atoms with E-state index in [-0.39, 0.29) is 23.7 Å². The monoisotopic (exact) mass is 253 g/mol. The van der Waals surface area contributed by atoms with Crippen LogP contribution >= 0.6 is 0 Å². The summed E-state index contributed by atoms with van der Waals surface area (Å²) >= 11 is 0. The van der Waals surface area contributed by atoms with Crippen molar-refractivity contribution >= 4 is 11.9 Å². The van der Waals surface area contributed by atoms with Crippen LogP contribution in [0.1, 0.15) is 40.5 Å². The number of nitrogens with one attached hydrogen (secondary N) is 1. The molecule has 102 valence electrons. The van der Waals surface area contributed by atoms with E-state index >= 15 is 0 Å². The fourth-order valence-corrected chi connectivity index (χ4v) is 2.41. The normalized spacial score (nSPS) is 24.2. The van der Waals surface area contributed by atoms with Gasteiger partial charge in [-0.15, -0.1) is 0 Å². The minimum Gasteiger partial charge on any atom is -0.481 e. The Hall–Kier alpha value is -1.32. The molecule has 0 aliphatic heterocycles. The zero-order chi connectivity index (χ0) is 13.9. The lowest BCUT2D eigenvalue weighted by atomic mass is 10.1. The Bertz CT molecular complexity index is 367. The summed E-state index contributed by atoms with van der Waals surface area (Å²) < 4.78 is 0. The molecule has 2 atom stereocenters. The summed E-state index contributed by atoms with van der Waals surface area (Å²) in [7, 11) is 0. The van der Waals surface area contributed by atoms with Crippen LogP contribution in [0.5, 0.6) is 0 Å². The molecule has 0 spiro atoms. The molecule has 2 unspecified atom stereocenters. The first kappa shape index (κ1) is 14.7. The van der Waals surface area contributed by atoms with Gasteiger partial charge in [0.1, 0.15) is 0 Å². The summed E-state index contributed by atoms with van der Waals surface area (Å²) in [6.07, 6.45) is 2.74. The van der Waals surface area contributed by atoms with Crippen LogP contribution in [0, 0.1) is 17.3 Å². The molecule has 4 nitrogen and oxygen atoms in total. The van der Waals surface area contributed by atoms with Gasteiger partial charge in [0.25, 0.3) is 0 Å². The summed E-state index contributed by atoms with van der Waals surface area (Å²) in [6, 6.07) is 0. The molecule has 0 aromatic heterocycles. The average Bonchev–Trinajstić information content (AvgIpc) is 2.74. The van der Waals surface area contributed by atoms with E-state index in [0.29, 0.717) is 18.9 Å².